The molecule has 1 aliphatic rings. The highest BCUT2D eigenvalue weighted by atomic mass is 16.5. The maximum atomic E-state index is 12.4. The van der Waals surface area contributed by atoms with Crippen LogP contribution in [0.15, 0.2) is 48.5 Å². The Bertz CT molecular complexity index is 615. The third kappa shape index (κ3) is 2.25. The van der Waals surface area contributed by atoms with Gasteiger partial charge in [0.15, 0.2) is 0 Å². The van der Waals surface area contributed by atoms with Crippen LogP contribution in [0.1, 0.15) is 37.3 Å². The Hall–Kier alpha value is -2.09. The van der Waals surface area contributed by atoms with Crippen LogP contribution in [-0.4, -0.2) is 12.6 Å². The Morgan fingerprint density at radius 2 is 1.52 bits per heavy atom. The summed E-state index contributed by atoms with van der Waals surface area (Å²) in [6, 6.07) is 16.8. The van der Waals surface area contributed by atoms with Crippen molar-refractivity contribution in [3.05, 3.63) is 59.7 Å². The minimum atomic E-state index is -0.116. The molecule has 0 N–H and O–H groups in total. The number of fused-ring (bicyclic) bond motifs is 3. The van der Waals surface area contributed by atoms with Crippen LogP contribution in [0.25, 0.3) is 11.1 Å². The van der Waals surface area contributed by atoms with Crippen molar-refractivity contribution in [2.45, 2.75) is 26.2 Å². The minimum absolute atomic E-state index is 0.0866. The van der Waals surface area contributed by atoms with E-state index in [1.807, 2.05) is 6.92 Å². The average Bonchev–Trinajstić information content (AvgIpc) is 2.84. The number of hydrogen-bond donors (Lipinski definition) is 0. The fourth-order valence-electron chi connectivity index (χ4n) is 3.42. The van der Waals surface area contributed by atoms with Crippen molar-refractivity contribution in [3.63, 3.8) is 0 Å². The van der Waals surface area contributed by atoms with E-state index in [0.29, 0.717) is 6.61 Å². The fraction of sp³-hybridized carbons (Fsp3) is 0.316. The van der Waals surface area contributed by atoms with E-state index in [4.69, 9.17) is 4.74 Å². The molecule has 0 fully saturated rings. The maximum absolute atomic E-state index is 12.4. The molecule has 2 heteroatoms. The van der Waals surface area contributed by atoms with Gasteiger partial charge < -0.3 is 4.74 Å². The summed E-state index contributed by atoms with van der Waals surface area (Å²) >= 11 is 0. The van der Waals surface area contributed by atoms with Crippen molar-refractivity contribution in [1.29, 1.82) is 0 Å². The molecule has 0 heterocycles. The molecule has 0 spiro atoms. The Morgan fingerprint density at radius 1 is 1.00 bits per heavy atom. The van der Waals surface area contributed by atoms with Crippen LogP contribution in [0, 0.1) is 5.92 Å². The third-order valence-corrected chi connectivity index (χ3v) is 4.31. The molecule has 0 saturated carbocycles. The number of ether oxygens (including phenoxy) is 1. The van der Waals surface area contributed by atoms with Crippen molar-refractivity contribution in [2.24, 2.45) is 5.92 Å². The average molecular weight is 280 g/mol. The molecule has 1 aliphatic carbocycles. The summed E-state index contributed by atoms with van der Waals surface area (Å²) in [5.74, 6) is -0.0901. The van der Waals surface area contributed by atoms with Crippen LogP contribution < -0.4 is 0 Å². The second-order valence-electron chi connectivity index (χ2n) is 5.42. The third-order valence-electron chi connectivity index (χ3n) is 4.31. The Balaban J connectivity index is 2.11. The summed E-state index contributed by atoms with van der Waals surface area (Å²) in [5, 5.41) is 0. The lowest BCUT2D eigenvalue weighted by atomic mass is 9.82. The zero-order chi connectivity index (χ0) is 14.8. The molecule has 1 atom stereocenters. The normalized spacial score (nSPS) is 14.4. The Morgan fingerprint density at radius 3 is 2.00 bits per heavy atom. The van der Waals surface area contributed by atoms with Gasteiger partial charge in [0.05, 0.1) is 12.5 Å². The summed E-state index contributed by atoms with van der Waals surface area (Å²) in [6.07, 6.45) is 0.784. The zero-order valence-corrected chi connectivity index (χ0v) is 12.5. The first kappa shape index (κ1) is 13.9. The van der Waals surface area contributed by atoms with E-state index >= 15 is 0 Å². The first-order chi connectivity index (χ1) is 10.3. The smallest absolute Gasteiger partial charge is 0.309 e. The Kier molecular flexibility index (Phi) is 3.78. The topological polar surface area (TPSA) is 26.3 Å². The maximum Gasteiger partial charge on any atom is 0.309 e. The van der Waals surface area contributed by atoms with E-state index in [1.165, 1.54) is 22.3 Å². The number of benzene rings is 2. The number of esters is 1. The van der Waals surface area contributed by atoms with Gasteiger partial charge in [-0.1, -0.05) is 55.5 Å². The molecular weight excluding hydrogens is 260 g/mol. The lowest BCUT2D eigenvalue weighted by Crippen LogP contribution is -2.23. The molecule has 1 unspecified atom stereocenters. The molecule has 0 bridgehead atoms. The molecule has 0 amide bonds. The highest BCUT2D eigenvalue weighted by Gasteiger charge is 2.37. The SMILES string of the molecule is CCOC(=O)C(CC)C1c2ccccc2-c2ccccc21. The predicted molar refractivity (Wildman–Crippen MR) is 84.1 cm³/mol. The Labute approximate surface area is 125 Å². The van der Waals surface area contributed by atoms with Gasteiger partial charge in [-0.15, -0.1) is 0 Å². The van der Waals surface area contributed by atoms with Crippen molar-refractivity contribution >= 4 is 5.97 Å². The van der Waals surface area contributed by atoms with E-state index in [9.17, 15) is 4.79 Å². The minimum Gasteiger partial charge on any atom is -0.466 e. The first-order valence-corrected chi connectivity index (χ1v) is 7.62. The molecule has 0 aromatic heterocycles. The van der Waals surface area contributed by atoms with Gasteiger partial charge in [-0.25, -0.2) is 0 Å². The van der Waals surface area contributed by atoms with Gasteiger partial charge in [0.1, 0.15) is 0 Å². The van der Waals surface area contributed by atoms with Crippen LogP contribution in [-0.2, 0) is 9.53 Å². The second kappa shape index (κ2) is 5.72. The van der Waals surface area contributed by atoms with Crippen LogP contribution in [0.3, 0.4) is 0 Å². The molecule has 0 aliphatic heterocycles. The molecular formula is C19H20O2. The summed E-state index contributed by atoms with van der Waals surface area (Å²) in [4.78, 5) is 12.4. The predicted octanol–water partition coefficient (Wildman–Crippen LogP) is 4.39. The van der Waals surface area contributed by atoms with Gasteiger partial charge in [-0.3, -0.25) is 4.79 Å². The lowest BCUT2D eigenvalue weighted by Gasteiger charge is -2.22. The summed E-state index contributed by atoms with van der Waals surface area (Å²) in [6.45, 7) is 4.36. The number of hydrogen-bond acceptors (Lipinski definition) is 2. The van der Waals surface area contributed by atoms with Gasteiger partial charge >= 0.3 is 5.97 Å². The number of carbonyl (C=O) groups excluding carboxylic acids is 1. The van der Waals surface area contributed by atoms with Crippen molar-refractivity contribution in [2.75, 3.05) is 6.61 Å². The largest absolute Gasteiger partial charge is 0.466 e. The number of rotatable bonds is 4. The molecule has 2 aromatic rings. The van der Waals surface area contributed by atoms with Crippen molar-refractivity contribution < 1.29 is 9.53 Å². The molecule has 108 valence electrons. The van der Waals surface area contributed by atoms with Crippen LogP contribution in [0.4, 0.5) is 0 Å². The summed E-state index contributed by atoms with van der Waals surface area (Å²) in [5.41, 5.74) is 5.00. The summed E-state index contributed by atoms with van der Waals surface area (Å²) < 4.78 is 5.30. The standard InChI is InChI=1S/C19H20O2/c1-3-13(19(20)21-4-2)18-16-11-7-5-9-14(16)15-10-6-8-12-17(15)18/h5-13,18H,3-4H2,1-2H3. The fourth-order valence-corrected chi connectivity index (χ4v) is 3.42. The van der Waals surface area contributed by atoms with E-state index in [0.717, 1.165) is 6.42 Å². The van der Waals surface area contributed by atoms with Crippen LogP contribution in [0.5, 0.6) is 0 Å². The van der Waals surface area contributed by atoms with Gasteiger partial charge in [0, 0.05) is 5.92 Å². The quantitative estimate of drug-likeness (QED) is 0.776. The van der Waals surface area contributed by atoms with Crippen LogP contribution >= 0.6 is 0 Å². The van der Waals surface area contributed by atoms with E-state index in [-0.39, 0.29) is 17.8 Å². The van der Waals surface area contributed by atoms with E-state index < -0.39 is 0 Å². The molecule has 3 rings (SSSR count). The van der Waals surface area contributed by atoms with Gasteiger partial charge in [-0.2, -0.15) is 0 Å². The molecule has 0 radical (unpaired) electrons. The number of carbonyl (C=O) groups is 1. The first-order valence-electron chi connectivity index (χ1n) is 7.62. The van der Waals surface area contributed by atoms with Crippen molar-refractivity contribution in [3.8, 4) is 11.1 Å². The second-order valence-corrected chi connectivity index (χ2v) is 5.42. The molecule has 2 aromatic carbocycles. The van der Waals surface area contributed by atoms with E-state index in [1.54, 1.807) is 0 Å². The van der Waals surface area contributed by atoms with E-state index in [2.05, 4.69) is 55.5 Å². The highest BCUT2D eigenvalue weighted by molar-refractivity contribution is 5.83. The lowest BCUT2D eigenvalue weighted by molar-refractivity contribution is -0.148. The van der Waals surface area contributed by atoms with Crippen LogP contribution in [0.2, 0.25) is 0 Å². The molecule has 2 nitrogen and oxygen atoms in total. The van der Waals surface area contributed by atoms with Gasteiger partial charge in [0.2, 0.25) is 0 Å². The molecule has 0 saturated heterocycles. The molecule has 21 heavy (non-hydrogen) atoms. The summed E-state index contributed by atoms with van der Waals surface area (Å²) in [7, 11) is 0. The highest BCUT2D eigenvalue weighted by Crippen LogP contribution is 2.48. The van der Waals surface area contributed by atoms with Gasteiger partial charge in [-0.05, 0) is 35.6 Å². The monoisotopic (exact) mass is 280 g/mol. The zero-order valence-electron chi connectivity index (χ0n) is 12.5. The van der Waals surface area contributed by atoms with Crippen molar-refractivity contribution in [1.82, 2.24) is 0 Å². The van der Waals surface area contributed by atoms with Gasteiger partial charge in [0.25, 0.3) is 0 Å².